The van der Waals surface area contributed by atoms with E-state index in [0.29, 0.717) is 11.4 Å². The zero-order valence-electron chi connectivity index (χ0n) is 20.4. The first-order chi connectivity index (χ1) is 18.0. The van der Waals surface area contributed by atoms with E-state index >= 15 is 0 Å². The first-order valence-electron chi connectivity index (χ1n) is 12.2. The fraction of sp³-hybridized carbons (Fsp3) is 0.172. The average Bonchev–Trinajstić information content (AvgIpc) is 3.54. The number of nitrogens with zero attached hydrogens (tertiary/aromatic N) is 2. The highest BCUT2D eigenvalue weighted by molar-refractivity contribution is 7.90. The van der Waals surface area contributed by atoms with Gasteiger partial charge in [-0.15, -0.1) is 11.3 Å². The normalized spacial score (nSPS) is 11.6. The van der Waals surface area contributed by atoms with E-state index in [9.17, 15) is 13.2 Å². The van der Waals surface area contributed by atoms with Crippen LogP contribution in [0.3, 0.4) is 0 Å². The molecule has 0 aliphatic carbocycles. The van der Waals surface area contributed by atoms with Crippen LogP contribution in [0, 0.1) is 0 Å². The Kier molecular flexibility index (Phi) is 7.21. The van der Waals surface area contributed by atoms with Gasteiger partial charge in [0.15, 0.2) is 0 Å². The Morgan fingerprint density at radius 3 is 2.43 bits per heavy atom. The molecule has 37 heavy (non-hydrogen) atoms. The first-order valence-corrected chi connectivity index (χ1v) is 14.6. The third kappa shape index (κ3) is 5.35. The number of hydrogen-bond donors (Lipinski definition) is 1. The van der Waals surface area contributed by atoms with E-state index in [1.807, 2.05) is 42.5 Å². The lowest BCUT2D eigenvalue weighted by Crippen LogP contribution is -2.30. The molecule has 8 heteroatoms. The Balaban J connectivity index is 1.39. The second-order valence-electron chi connectivity index (χ2n) is 8.82. The number of aryl methyl sites for hydroxylation is 1. The quantitative estimate of drug-likeness (QED) is 0.244. The number of fused-ring (bicyclic) bond motifs is 1. The van der Waals surface area contributed by atoms with Gasteiger partial charge in [0.2, 0.25) is 0 Å². The molecule has 188 valence electrons. The molecule has 0 saturated heterocycles. The van der Waals surface area contributed by atoms with E-state index in [2.05, 4.69) is 22.3 Å². The smallest absolute Gasteiger partial charge is 0.265 e. The number of aromatic nitrogens is 2. The number of nitrogens with one attached hydrogen (secondary N) is 1. The molecule has 0 atom stereocenters. The molecule has 0 spiro atoms. The molecule has 1 amide bonds. The predicted molar refractivity (Wildman–Crippen MR) is 148 cm³/mol. The van der Waals surface area contributed by atoms with Crippen LogP contribution in [0.15, 0.2) is 95.2 Å². The number of sulfonamides is 1. The van der Waals surface area contributed by atoms with Crippen LogP contribution in [0.4, 0.5) is 0 Å². The standard InChI is InChI=1S/C29H27N3O3S2/c1-2-3-13-27-30-24-11-7-8-12-25(24)32(27)20-21-14-16-22(17-15-21)28-26(18-19-36-28)37(34,35)31-29(33)23-9-5-4-6-10-23/h4-12,14-19H,2-3,13,20H2,1H3,(H,31,33). The van der Waals surface area contributed by atoms with E-state index in [1.165, 1.54) is 17.4 Å². The van der Waals surface area contributed by atoms with E-state index in [-0.39, 0.29) is 10.5 Å². The SMILES string of the molecule is CCCCc1nc2ccccc2n1Cc1ccc(-c2sccc2S(=O)(=O)NC(=O)c2ccccc2)cc1. The van der Waals surface area contributed by atoms with Gasteiger partial charge in [0.25, 0.3) is 15.9 Å². The van der Waals surface area contributed by atoms with Crippen LogP contribution >= 0.6 is 11.3 Å². The summed E-state index contributed by atoms with van der Waals surface area (Å²) in [5.74, 6) is 0.424. The van der Waals surface area contributed by atoms with Crippen LogP contribution in [0.2, 0.25) is 0 Å². The number of para-hydroxylation sites is 2. The van der Waals surface area contributed by atoms with Gasteiger partial charge in [-0.1, -0.05) is 67.9 Å². The van der Waals surface area contributed by atoms with Crippen molar-refractivity contribution in [2.75, 3.05) is 0 Å². The third-order valence-corrected chi connectivity index (χ3v) is 8.69. The molecule has 1 N–H and O–H groups in total. The lowest BCUT2D eigenvalue weighted by molar-refractivity contribution is 0.0981. The zero-order valence-corrected chi connectivity index (χ0v) is 22.1. The van der Waals surface area contributed by atoms with Gasteiger partial charge in [0.05, 0.1) is 15.9 Å². The van der Waals surface area contributed by atoms with Gasteiger partial charge in [0.1, 0.15) is 10.7 Å². The molecule has 0 saturated carbocycles. The van der Waals surface area contributed by atoms with E-state index in [4.69, 9.17) is 4.98 Å². The number of benzene rings is 3. The molecule has 2 aromatic heterocycles. The predicted octanol–water partition coefficient (Wildman–Crippen LogP) is 6.27. The highest BCUT2D eigenvalue weighted by atomic mass is 32.2. The molecular formula is C29H27N3O3S2. The van der Waals surface area contributed by atoms with Crippen LogP contribution < -0.4 is 4.72 Å². The summed E-state index contributed by atoms with van der Waals surface area (Å²) < 4.78 is 30.6. The fourth-order valence-electron chi connectivity index (χ4n) is 4.32. The second kappa shape index (κ2) is 10.7. The molecule has 6 nitrogen and oxygen atoms in total. The molecular weight excluding hydrogens is 502 g/mol. The first kappa shape index (κ1) is 24.9. The molecule has 3 aromatic carbocycles. The number of unbranched alkanes of at least 4 members (excludes halogenated alkanes) is 1. The van der Waals surface area contributed by atoms with Crippen molar-refractivity contribution < 1.29 is 13.2 Å². The van der Waals surface area contributed by atoms with Crippen molar-refractivity contribution in [3.63, 3.8) is 0 Å². The monoisotopic (exact) mass is 529 g/mol. The fourth-order valence-corrected chi connectivity index (χ4v) is 6.75. The lowest BCUT2D eigenvalue weighted by Gasteiger charge is -2.11. The van der Waals surface area contributed by atoms with Gasteiger partial charge in [-0.25, -0.2) is 18.1 Å². The minimum Gasteiger partial charge on any atom is -0.323 e. The molecule has 0 radical (unpaired) electrons. The topological polar surface area (TPSA) is 81.1 Å². The summed E-state index contributed by atoms with van der Waals surface area (Å²) in [5.41, 5.74) is 4.28. The Morgan fingerprint density at radius 1 is 0.946 bits per heavy atom. The summed E-state index contributed by atoms with van der Waals surface area (Å²) in [6.07, 6.45) is 3.11. The van der Waals surface area contributed by atoms with Crippen LogP contribution in [-0.2, 0) is 23.0 Å². The van der Waals surface area contributed by atoms with Crippen LogP contribution in [0.1, 0.15) is 41.5 Å². The number of rotatable bonds is 9. The third-order valence-electron chi connectivity index (χ3n) is 6.23. The molecule has 0 bridgehead atoms. The van der Waals surface area contributed by atoms with Crippen molar-refractivity contribution in [3.05, 3.63) is 107 Å². The van der Waals surface area contributed by atoms with Crippen molar-refractivity contribution >= 4 is 38.3 Å². The molecule has 5 rings (SSSR count). The summed E-state index contributed by atoms with van der Waals surface area (Å²) in [4.78, 5) is 18.0. The van der Waals surface area contributed by atoms with Crippen LogP contribution in [0.25, 0.3) is 21.5 Å². The van der Waals surface area contributed by atoms with E-state index in [0.717, 1.165) is 47.2 Å². The van der Waals surface area contributed by atoms with Gasteiger partial charge < -0.3 is 4.57 Å². The van der Waals surface area contributed by atoms with E-state index in [1.54, 1.807) is 35.7 Å². The lowest BCUT2D eigenvalue weighted by atomic mass is 10.1. The van der Waals surface area contributed by atoms with Gasteiger partial charge >= 0.3 is 0 Å². The van der Waals surface area contributed by atoms with E-state index < -0.39 is 15.9 Å². The summed E-state index contributed by atoms with van der Waals surface area (Å²) in [6, 6.07) is 25.9. The van der Waals surface area contributed by atoms with Crippen LogP contribution in [0.5, 0.6) is 0 Å². The molecule has 5 aromatic rings. The molecule has 0 aliphatic rings. The summed E-state index contributed by atoms with van der Waals surface area (Å²) in [7, 11) is -4.03. The largest absolute Gasteiger partial charge is 0.323 e. The number of hydrogen-bond acceptors (Lipinski definition) is 5. The van der Waals surface area contributed by atoms with Crippen molar-refractivity contribution in [1.82, 2.24) is 14.3 Å². The minimum absolute atomic E-state index is 0.0944. The van der Waals surface area contributed by atoms with Gasteiger partial charge in [-0.05, 0) is 53.3 Å². The highest BCUT2D eigenvalue weighted by Crippen LogP contribution is 2.33. The minimum atomic E-state index is -4.03. The van der Waals surface area contributed by atoms with Gasteiger partial charge in [-0.3, -0.25) is 4.79 Å². The second-order valence-corrected chi connectivity index (χ2v) is 11.4. The Hall–Kier alpha value is -3.75. The Morgan fingerprint density at radius 2 is 1.68 bits per heavy atom. The molecule has 0 aliphatic heterocycles. The maximum absolute atomic E-state index is 13.1. The Bertz CT molecular complexity index is 1640. The van der Waals surface area contributed by atoms with Gasteiger partial charge in [0, 0.05) is 18.5 Å². The maximum Gasteiger partial charge on any atom is 0.265 e. The molecule has 2 heterocycles. The maximum atomic E-state index is 13.1. The zero-order chi connectivity index (χ0) is 25.8. The number of carbonyl (C=O) groups excluding carboxylic acids is 1. The molecule has 0 fully saturated rings. The number of carbonyl (C=O) groups is 1. The number of amides is 1. The molecule has 0 unspecified atom stereocenters. The van der Waals surface area contributed by atoms with Crippen molar-refractivity contribution in [2.24, 2.45) is 0 Å². The Labute approximate surface area is 220 Å². The van der Waals surface area contributed by atoms with Gasteiger partial charge in [-0.2, -0.15) is 0 Å². The average molecular weight is 530 g/mol. The number of imidazole rings is 1. The summed E-state index contributed by atoms with van der Waals surface area (Å²) in [6.45, 7) is 2.86. The van der Waals surface area contributed by atoms with Crippen molar-refractivity contribution in [1.29, 1.82) is 0 Å². The highest BCUT2D eigenvalue weighted by Gasteiger charge is 2.24. The summed E-state index contributed by atoms with van der Waals surface area (Å²) in [5, 5.41) is 1.72. The van der Waals surface area contributed by atoms with Crippen LogP contribution in [-0.4, -0.2) is 23.9 Å². The summed E-state index contributed by atoms with van der Waals surface area (Å²) >= 11 is 1.33. The number of thiophene rings is 1. The van der Waals surface area contributed by atoms with Crippen molar-refractivity contribution in [2.45, 2.75) is 37.6 Å². The van der Waals surface area contributed by atoms with Crippen molar-refractivity contribution in [3.8, 4) is 10.4 Å².